The van der Waals surface area contributed by atoms with Crippen LogP contribution in [0.2, 0.25) is 0 Å². The number of hydrogen-bond donors (Lipinski definition) is 1. The first-order chi connectivity index (χ1) is 13.9. The number of halogens is 1. The first-order valence-electron chi connectivity index (χ1n) is 9.05. The molecule has 0 unspecified atom stereocenters. The number of amides is 1. The zero-order valence-electron chi connectivity index (χ0n) is 16.6. The third kappa shape index (κ3) is 4.92. The highest BCUT2D eigenvalue weighted by Gasteiger charge is 2.22. The second-order valence-electron chi connectivity index (χ2n) is 6.59. The molecule has 152 valence electrons. The van der Waals surface area contributed by atoms with Gasteiger partial charge in [-0.05, 0) is 66.6 Å². The summed E-state index contributed by atoms with van der Waals surface area (Å²) in [5, 5.41) is 14.8. The van der Waals surface area contributed by atoms with Gasteiger partial charge in [-0.15, -0.1) is 5.10 Å². The fraction of sp³-hybridized carbons (Fsp3) is 0.300. The van der Waals surface area contributed by atoms with Crippen molar-refractivity contribution in [2.75, 3.05) is 7.11 Å². The van der Waals surface area contributed by atoms with Crippen molar-refractivity contribution < 1.29 is 13.9 Å². The van der Waals surface area contributed by atoms with E-state index in [2.05, 4.69) is 20.8 Å². The Labute approximate surface area is 172 Å². The molecule has 1 amide bonds. The largest absolute Gasteiger partial charge is 0.494 e. The maximum Gasteiger partial charge on any atom is 0.233 e. The quantitative estimate of drug-likeness (QED) is 0.595. The van der Waals surface area contributed by atoms with Gasteiger partial charge in [0, 0.05) is 0 Å². The number of hydrogen-bond acceptors (Lipinski definition) is 6. The van der Waals surface area contributed by atoms with E-state index in [1.807, 2.05) is 32.0 Å². The highest BCUT2D eigenvalue weighted by Crippen LogP contribution is 2.29. The Morgan fingerprint density at radius 3 is 2.62 bits per heavy atom. The Kier molecular flexibility index (Phi) is 6.48. The molecule has 0 saturated heterocycles. The molecule has 3 aromatic rings. The molecule has 0 aliphatic carbocycles. The topological polar surface area (TPSA) is 81.9 Å². The van der Waals surface area contributed by atoms with Crippen LogP contribution in [0.25, 0.3) is 5.69 Å². The van der Waals surface area contributed by atoms with Gasteiger partial charge in [-0.2, -0.15) is 4.68 Å². The number of benzene rings is 2. The third-order valence-corrected chi connectivity index (χ3v) is 5.42. The van der Waals surface area contributed by atoms with Crippen LogP contribution in [0, 0.1) is 12.7 Å². The summed E-state index contributed by atoms with van der Waals surface area (Å²) in [7, 11) is 1.58. The van der Waals surface area contributed by atoms with Crippen LogP contribution in [0.4, 0.5) is 4.39 Å². The van der Waals surface area contributed by atoms with E-state index in [0.717, 1.165) is 11.1 Å². The van der Waals surface area contributed by atoms with Crippen molar-refractivity contribution in [2.45, 2.75) is 37.2 Å². The molecule has 0 radical (unpaired) electrons. The van der Waals surface area contributed by atoms with Crippen LogP contribution in [0.1, 0.15) is 31.0 Å². The second-order valence-corrected chi connectivity index (χ2v) is 7.90. The zero-order chi connectivity index (χ0) is 21.0. The number of thioether (sulfide) groups is 1. The van der Waals surface area contributed by atoms with Crippen molar-refractivity contribution in [3.05, 3.63) is 59.4 Å². The molecule has 7 nitrogen and oxygen atoms in total. The fourth-order valence-electron chi connectivity index (χ4n) is 2.75. The van der Waals surface area contributed by atoms with Crippen molar-refractivity contribution in [3.8, 4) is 11.4 Å². The molecule has 29 heavy (non-hydrogen) atoms. The summed E-state index contributed by atoms with van der Waals surface area (Å²) >= 11 is 1.24. The predicted molar refractivity (Wildman–Crippen MR) is 109 cm³/mol. The first kappa shape index (κ1) is 20.8. The van der Waals surface area contributed by atoms with Gasteiger partial charge in [0.2, 0.25) is 11.1 Å². The summed E-state index contributed by atoms with van der Waals surface area (Å²) < 4.78 is 20.1. The monoisotopic (exact) mass is 415 g/mol. The van der Waals surface area contributed by atoms with Crippen LogP contribution >= 0.6 is 11.8 Å². The lowest BCUT2D eigenvalue weighted by Gasteiger charge is -2.17. The molecule has 9 heteroatoms. The van der Waals surface area contributed by atoms with E-state index in [9.17, 15) is 9.18 Å². The number of ether oxygens (including phenoxy) is 1. The van der Waals surface area contributed by atoms with Gasteiger partial charge in [0.05, 0.1) is 18.4 Å². The zero-order valence-corrected chi connectivity index (χ0v) is 17.4. The van der Waals surface area contributed by atoms with Crippen molar-refractivity contribution >= 4 is 17.7 Å². The molecule has 0 saturated carbocycles. The van der Waals surface area contributed by atoms with Gasteiger partial charge in [0.1, 0.15) is 17.3 Å². The Morgan fingerprint density at radius 1 is 1.21 bits per heavy atom. The molecule has 1 heterocycles. The Hall–Kier alpha value is -2.94. The molecular weight excluding hydrogens is 393 g/mol. The van der Waals surface area contributed by atoms with Gasteiger partial charge in [0.15, 0.2) is 0 Å². The lowest BCUT2D eigenvalue weighted by molar-refractivity contribution is -0.120. The summed E-state index contributed by atoms with van der Waals surface area (Å²) in [5.41, 5.74) is 2.56. The van der Waals surface area contributed by atoms with Crippen LogP contribution in [-0.2, 0) is 4.79 Å². The number of carbonyl (C=O) groups excluding carboxylic acids is 1. The van der Waals surface area contributed by atoms with Crippen LogP contribution in [0.5, 0.6) is 5.75 Å². The number of rotatable bonds is 7. The molecule has 0 aliphatic rings. The average molecular weight is 415 g/mol. The van der Waals surface area contributed by atoms with E-state index in [1.165, 1.54) is 23.9 Å². The summed E-state index contributed by atoms with van der Waals surface area (Å²) in [6.45, 7) is 5.60. The van der Waals surface area contributed by atoms with Crippen molar-refractivity contribution in [1.29, 1.82) is 0 Å². The minimum Gasteiger partial charge on any atom is -0.494 e. The van der Waals surface area contributed by atoms with E-state index in [4.69, 9.17) is 4.74 Å². The number of methoxy groups -OCH3 is 1. The summed E-state index contributed by atoms with van der Waals surface area (Å²) in [6, 6.07) is 11.5. The van der Waals surface area contributed by atoms with E-state index in [-0.39, 0.29) is 17.8 Å². The number of nitrogens with one attached hydrogen (secondary N) is 1. The molecule has 0 fully saturated rings. The van der Waals surface area contributed by atoms with E-state index >= 15 is 0 Å². The van der Waals surface area contributed by atoms with Crippen LogP contribution in [0.3, 0.4) is 0 Å². The maximum absolute atomic E-state index is 13.1. The summed E-state index contributed by atoms with van der Waals surface area (Å²) in [4.78, 5) is 12.6. The predicted octanol–water partition coefficient (Wildman–Crippen LogP) is 3.48. The van der Waals surface area contributed by atoms with Gasteiger partial charge in [-0.3, -0.25) is 4.79 Å². The SMILES string of the molecule is COc1ccc(C)cc1-n1nnnc1S[C@@H](C)C(=O)N[C@@H](C)c1ccc(F)cc1. The highest BCUT2D eigenvalue weighted by atomic mass is 32.2. The Balaban J connectivity index is 1.72. The minimum atomic E-state index is -0.446. The lowest BCUT2D eigenvalue weighted by atomic mass is 10.1. The minimum absolute atomic E-state index is 0.169. The van der Waals surface area contributed by atoms with Gasteiger partial charge >= 0.3 is 0 Å². The molecule has 2 atom stereocenters. The molecule has 0 aliphatic heterocycles. The van der Waals surface area contributed by atoms with Crippen molar-refractivity contribution in [3.63, 3.8) is 0 Å². The molecule has 1 aromatic heterocycles. The fourth-order valence-corrected chi connectivity index (χ4v) is 3.56. The van der Waals surface area contributed by atoms with Crippen LogP contribution < -0.4 is 10.1 Å². The van der Waals surface area contributed by atoms with Crippen LogP contribution in [-0.4, -0.2) is 38.5 Å². The van der Waals surface area contributed by atoms with Gasteiger partial charge in [-0.1, -0.05) is 30.0 Å². The smallest absolute Gasteiger partial charge is 0.233 e. The molecule has 3 rings (SSSR count). The Morgan fingerprint density at radius 2 is 1.93 bits per heavy atom. The van der Waals surface area contributed by atoms with Gasteiger partial charge < -0.3 is 10.1 Å². The summed E-state index contributed by atoms with van der Waals surface area (Å²) in [5.74, 6) is 0.152. The second kappa shape index (κ2) is 9.04. The summed E-state index contributed by atoms with van der Waals surface area (Å²) in [6.07, 6.45) is 0. The third-order valence-electron chi connectivity index (χ3n) is 4.38. The van der Waals surface area contributed by atoms with Crippen molar-refractivity contribution in [1.82, 2.24) is 25.5 Å². The molecule has 1 N–H and O–H groups in total. The first-order valence-corrected chi connectivity index (χ1v) is 9.93. The number of aryl methyl sites for hydroxylation is 1. The lowest BCUT2D eigenvalue weighted by Crippen LogP contribution is -2.33. The number of nitrogens with zero attached hydrogens (tertiary/aromatic N) is 4. The normalized spacial score (nSPS) is 13.0. The Bertz CT molecular complexity index is 993. The number of tetrazole rings is 1. The number of aromatic nitrogens is 4. The highest BCUT2D eigenvalue weighted by molar-refractivity contribution is 8.00. The number of carbonyl (C=O) groups is 1. The van der Waals surface area contributed by atoms with Crippen LogP contribution in [0.15, 0.2) is 47.6 Å². The van der Waals surface area contributed by atoms with E-state index < -0.39 is 5.25 Å². The maximum atomic E-state index is 13.1. The molecular formula is C20H22FN5O2S. The van der Waals surface area contributed by atoms with Gasteiger partial charge in [-0.25, -0.2) is 4.39 Å². The van der Waals surface area contributed by atoms with Crippen molar-refractivity contribution in [2.24, 2.45) is 0 Å². The standard InChI is InChI=1S/C20H22FN5O2S/c1-12-5-10-18(28-4)17(11-12)26-20(23-24-25-26)29-14(3)19(27)22-13(2)15-6-8-16(21)9-7-15/h5-11,13-14H,1-4H3,(H,22,27)/t13-,14-/m0/s1. The van der Waals surface area contributed by atoms with E-state index in [1.54, 1.807) is 30.8 Å². The van der Waals surface area contributed by atoms with Gasteiger partial charge in [0.25, 0.3) is 0 Å². The average Bonchev–Trinajstić information content (AvgIpc) is 3.16. The molecule has 2 aromatic carbocycles. The molecule has 0 bridgehead atoms. The van der Waals surface area contributed by atoms with E-state index in [0.29, 0.717) is 16.6 Å². The molecule has 0 spiro atoms.